The fraction of sp³-hybridized carbons (Fsp3) is 0.933. The van der Waals surface area contributed by atoms with E-state index in [1.54, 1.807) is 14.0 Å². The van der Waals surface area contributed by atoms with Gasteiger partial charge in [0.05, 0.1) is 30.3 Å². The molecule has 0 aromatic rings. The normalized spacial score (nSPS) is 44.4. The van der Waals surface area contributed by atoms with Crippen molar-refractivity contribution in [3.05, 3.63) is 0 Å². The summed E-state index contributed by atoms with van der Waals surface area (Å²) in [6.45, 7) is 5.59. The van der Waals surface area contributed by atoms with Crippen molar-refractivity contribution in [3.8, 4) is 0 Å². The highest BCUT2D eigenvalue weighted by molar-refractivity contribution is 5.87. The lowest BCUT2D eigenvalue weighted by molar-refractivity contribution is -0.302. The van der Waals surface area contributed by atoms with Gasteiger partial charge in [-0.05, 0) is 33.6 Å². The Bertz CT molecular complexity index is 409. The number of hydrogen-bond donors (Lipinski definition) is 1. The van der Waals surface area contributed by atoms with Crippen molar-refractivity contribution >= 4 is 5.91 Å². The Hall–Kier alpha value is -0.650. The maximum Gasteiger partial charge on any atom is 0.232 e. The van der Waals surface area contributed by atoms with Gasteiger partial charge in [-0.1, -0.05) is 6.42 Å². The Morgan fingerprint density at radius 3 is 2.75 bits per heavy atom. The number of β-lactam (4-membered cyclic amide) rings is 1. The standard InChI is InChI=1S/C15H25NO4/c1-8(17)11-12-9-6-5-7-10(19-4)13(9)20-15(2,3)16(12)14(11)18/h8-13,17H,5-7H2,1-4H3/t8-,9?,10?,11-,12-,13?/m1/s1. The van der Waals surface area contributed by atoms with Crippen LogP contribution in [0.2, 0.25) is 0 Å². The number of hydrogen-bond acceptors (Lipinski definition) is 4. The van der Waals surface area contributed by atoms with Gasteiger partial charge in [-0.15, -0.1) is 0 Å². The molecule has 0 aromatic carbocycles. The lowest BCUT2D eigenvalue weighted by Gasteiger charge is -2.64. The summed E-state index contributed by atoms with van der Waals surface area (Å²) in [4.78, 5) is 14.2. The fourth-order valence-corrected chi connectivity index (χ4v) is 4.44. The highest BCUT2D eigenvalue weighted by Gasteiger charge is 2.64. The number of nitrogens with zero attached hydrogens (tertiary/aromatic N) is 1. The van der Waals surface area contributed by atoms with Gasteiger partial charge in [0.25, 0.3) is 0 Å². The largest absolute Gasteiger partial charge is 0.393 e. The predicted molar refractivity (Wildman–Crippen MR) is 72.9 cm³/mol. The molecule has 1 N–H and O–H groups in total. The van der Waals surface area contributed by atoms with Gasteiger partial charge in [0, 0.05) is 13.0 Å². The number of fused-ring (bicyclic) bond motifs is 3. The molecule has 0 bridgehead atoms. The van der Waals surface area contributed by atoms with Crippen LogP contribution in [0.15, 0.2) is 0 Å². The lowest BCUT2D eigenvalue weighted by Crippen LogP contribution is -2.78. The summed E-state index contributed by atoms with van der Waals surface area (Å²) in [6, 6.07) is 0.0919. The molecule has 1 aliphatic carbocycles. The SMILES string of the molecule is COC1CCCC2C1OC(C)(C)N1C(=O)[C@H]([C@@H](C)O)[C@@H]21. The molecule has 3 aliphatic rings. The van der Waals surface area contributed by atoms with E-state index in [2.05, 4.69) is 0 Å². The van der Waals surface area contributed by atoms with Crippen LogP contribution >= 0.6 is 0 Å². The quantitative estimate of drug-likeness (QED) is 0.772. The molecule has 5 heteroatoms. The number of carbonyl (C=O) groups excluding carboxylic acids is 1. The zero-order valence-electron chi connectivity index (χ0n) is 12.7. The van der Waals surface area contributed by atoms with Gasteiger partial charge in [-0.25, -0.2) is 0 Å². The average Bonchev–Trinajstić information content (AvgIpc) is 2.34. The van der Waals surface area contributed by atoms with Gasteiger partial charge in [0.2, 0.25) is 5.91 Å². The molecular weight excluding hydrogens is 258 g/mol. The van der Waals surface area contributed by atoms with Crippen molar-refractivity contribution in [2.45, 2.75) is 70.1 Å². The highest BCUT2D eigenvalue weighted by Crippen LogP contribution is 2.50. The molecular formula is C15H25NO4. The third kappa shape index (κ3) is 1.83. The fourth-order valence-electron chi connectivity index (χ4n) is 4.44. The minimum atomic E-state index is -0.609. The zero-order valence-corrected chi connectivity index (χ0v) is 12.7. The maximum atomic E-state index is 12.3. The summed E-state index contributed by atoms with van der Waals surface area (Å²) in [5.74, 6) is 0.0216. The van der Waals surface area contributed by atoms with Crippen molar-refractivity contribution < 1.29 is 19.4 Å². The van der Waals surface area contributed by atoms with Gasteiger partial charge < -0.3 is 19.5 Å². The first-order valence-electron chi connectivity index (χ1n) is 7.60. The van der Waals surface area contributed by atoms with Crippen LogP contribution in [0.25, 0.3) is 0 Å². The molecule has 0 radical (unpaired) electrons. The van der Waals surface area contributed by atoms with Crippen LogP contribution in [-0.4, -0.2) is 53.1 Å². The average molecular weight is 283 g/mol. The Morgan fingerprint density at radius 2 is 2.15 bits per heavy atom. The van der Waals surface area contributed by atoms with Crippen LogP contribution < -0.4 is 0 Å². The molecule has 0 spiro atoms. The summed E-state index contributed by atoms with van der Waals surface area (Å²) in [5.41, 5.74) is -0.609. The van der Waals surface area contributed by atoms with Gasteiger partial charge in [-0.2, -0.15) is 0 Å². The van der Waals surface area contributed by atoms with Crippen molar-refractivity contribution in [2.75, 3.05) is 7.11 Å². The number of aliphatic hydroxyl groups excluding tert-OH is 1. The Balaban J connectivity index is 1.92. The molecule has 3 unspecified atom stereocenters. The Morgan fingerprint density at radius 1 is 1.45 bits per heavy atom. The topological polar surface area (TPSA) is 59.0 Å². The minimum absolute atomic E-state index is 0.0213. The van der Waals surface area contributed by atoms with Crippen molar-refractivity contribution in [1.82, 2.24) is 4.90 Å². The van der Waals surface area contributed by atoms with E-state index in [1.807, 2.05) is 18.7 Å². The Labute approximate surface area is 120 Å². The van der Waals surface area contributed by atoms with Crippen LogP contribution in [0.5, 0.6) is 0 Å². The molecule has 2 heterocycles. The summed E-state index contributed by atoms with van der Waals surface area (Å²) in [5, 5.41) is 9.95. The Kier molecular flexibility index (Phi) is 3.35. The summed E-state index contributed by atoms with van der Waals surface area (Å²) in [7, 11) is 1.73. The van der Waals surface area contributed by atoms with E-state index in [-0.39, 0.29) is 36.0 Å². The second-order valence-corrected chi connectivity index (χ2v) is 6.86. The van der Waals surface area contributed by atoms with Crippen LogP contribution in [0, 0.1) is 11.8 Å². The van der Waals surface area contributed by atoms with E-state index < -0.39 is 11.8 Å². The number of carbonyl (C=O) groups is 1. The van der Waals surface area contributed by atoms with Crippen molar-refractivity contribution in [2.24, 2.45) is 11.8 Å². The second kappa shape index (κ2) is 4.68. The van der Waals surface area contributed by atoms with Gasteiger partial charge >= 0.3 is 0 Å². The molecule has 2 saturated heterocycles. The molecule has 3 fully saturated rings. The molecule has 1 amide bonds. The summed E-state index contributed by atoms with van der Waals surface area (Å²) < 4.78 is 11.8. The number of rotatable bonds is 2. The first kappa shape index (κ1) is 14.3. The first-order valence-corrected chi connectivity index (χ1v) is 7.60. The third-order valence-corrected chi connectivity index (χ3v) is 5.27. The van der Waals surface area contributed by atoms with Crippen LogP contribution in [0.3, 0.4) is 0 Å². The highest BCUT2D eigenvalue weighted by atomic mass is 16.6. The number of amides is 1. The monoisotopic (exact) mass is 283 g/mol. The zero-order chi connectivity index (χ0) is 14.7. The third-order valence-electron chi connectivity index (χ3n) is 5.27. The molecule has 2 aliphatic heterocycles. The van der Waals surface area contributed by atoms with E-state index >= 15 is 0 Å². The van der Waals surface area contributed by atoms with Crippen molar-refractivity contribution in [1.29, 1.82) is 0 Å². The van der Waals surface area contributed by atoms with E-state index in [0.717, 1.165) is 19.3 Å². The smallest absolute Gasteiger partial charge is 0.232 e. The van der Waals surface area contributed by atoms with Crippen LogP contribution in [0.4, 0.5) is 0 Å². The minimum Gasteiger partial charge on any atom is -0.393 e. The van der Waals surface area contributed by atoms with E-state index in [9.17, 15) is 9.90 Å². The van der Waals surface area contributed by atoms with Crippen LogP contribution in [-0.2, 0) is 14.3 Å². The van der Waals surface area contributed by atoms with E-state index in [1.165, 1.54) is 0 Å². The molecule has 0 aromatic heterocycles. The summed E-state index contributed by atoms with van der Waals surface area (Å²) in [6.07, 6.45) is 2.67. The summed E-state index contributed by atoms with van der Waals surface area (Å²) >= 11 is 0. The molecule has 1 saturated carbocycles. The van der Waals surface area contributed by atoms with Crippen LogP contribution in [0.1, 0.15) is 40.0 Å². The molecule has 114 valence electrons. The molecule has 5 nitrogen and oxygen atoms in total. The van der Waals surface area contributed by atoms with E-state index in [0.29, 0.717) is 0 Å². The number of aliphatic hydroxyl groups is 1. The van der Waals surface area contributed by atoms with Gasteiger partial charge in [0.15, 0.2) is 0 Å². The molecule has 3 rings (SSSR count). The second-order valence-electron chi connectivity index (χ2n) is 6.86. The first-order chi connectivity index (χ1) is 9.38. The maximum absolute atomic E-state index is 12.3. The predicted octanol–water partition coefficient (Wildman–Crippen LogP) is 1.14. The van der Waals surface area contributed by atoms with E-state index in [4.69, 9.17) is 9.47 Å². The van der Waals surface area contributed by atoms with Crippen molar-refractivity contribution in [3.63, 3.8) is 0 Å². The van der Waals surface area contributed by atoms with Gasteiger partial charge in [0.1, 0.15) is 5.72 Å². The lowest BCUT2D eigenvalue weighted by atomic mass is 9.66. The van der Waals surface area contributed by atoms with Gasteiger partial charge in [-0.3, -0.25) is 4.79 Å². The number of ether oxygens (including phenoxy) is 2. The molecule has 20 heavy (non-hydrogen) atoms. The number of methoxy groups -OCH3 is 1. The molecule has 6 atom stereocenters.